The molecule has 0 spiro atoms. The van der Waals surface area contributed by atoms with Crippen LogP contribution in [0.4, 0.5) is 13.2 Å². The molecule has 0 saturated heterocycles. The fourth-order valence-corrected chi connectivity index (χ4v) is 2.82. The van der Waals surface area contributed by atoms with E-state index in [1.807, 2.05) is 0 Å². The lowest BCUT2D eigenvalue weighted by molar-refractivity contribution is -0.140. The Bertz CT molecular complexity index is 610. The molecule has 5 nitrogen and oxygen atoms in total. The monoisotopic (exact) mass is 344 g/mol. The van der Waals surface area contributed by atoms with E-state index in [9.17, 15) is 26.4 Å². The van der Waals surface area contributed by atoms with Gasteiger partial charge in [0.1, 0.15) is 10.3 Å². The number of alkyl halides is 3. The number of carbonyl (C=O) groups is 1. The predicted molar refractivity (Wildman–Crippen MR) is 72.6 cm³/mol. The number of thiazole rings is 1. The third-order valence-corrected chi connectivity index (χ3v) is 5.30. The van der Waals surface area contributed by atoms with Crippen LogP contribution in [0, 0.1) is 0 Å². The second kappa shape index (κ2) is 6.30. The molecule has 2 atom stereocenters. The van der Waals surface area contributed by atoms with Gasteiger partial charge in [0.05, 0.1) is 6.04 Å². The maximum Gasteiger partial charge on any atom is 0.434 e. The second-order valence-corrected chi connectivity index (χ2v) is 7.77. The quantitative estimate of drug-likeness (QED) is 0.888. The lowest BCUT2D eigenvalue weighted by Gasteiger charge is -2.17. The number of nitrogens with zero attached hydrogens (tertiary/aromatic N) is 1. The molecule has 21 heavy (non-hydrogen) atoms. The topological polar surface area (TPSA) is 76.1 Å². The van der Waals surface area contributed by atoms with E-state index in [-0.39, 0.29) is 5.01 Å². The molecule has 0 aromatic carbocycles. The van der Waals surface area contributed by atoms with Crippen molar-refractivity contribution in [2.24, 2.45) is 0 Å². The zero-order valence-corrected chi connectivity index (χ0v) is 13.2. The molecule has 120 valence electrons. The number of rotatable bonds is 5. The highest BCUT2D eigenvalue weighted by atomic mass is 32.2. The Hall–Kier alpha value is -1.16. The minimum atomic E-state index is -4.54. The molecule has 0 unspecified atom stereocenters. The Morgan fingerprint density at radius 3 is 2.43 bits per heavy atom. The zero-order chi connectivity index (χ0) is 16.4. The van der Waals surface area contributed by atoms with Gasteiger partial charge < -0.3 is 5.32 Å². The van der Waals surface area contributed by atoms with Crippen molar-refractivity contribution in [2.45, 2.75) is 37.7 Å². The molecule has 1 aromatic rings. The van der Waals surface area contributed by atoms with Crippen LogP contribution in [-0.2, 0) is 20.8 Å². The maximum absolute atomic E-state index is 12.5. The molecule has 1 rings (SSSR count). The van der Waals surface area contributed by atoms with Crippen LogP contribution >= 0.6 is 11.3 Å². The highest BCUT2D eigenvalue weighted by Crippen LogP contribution is 2.32. The summed E-state index contributed by atoms with van der Waals surface area (Å²) in [7, 11) is -3.57. The first-order chi connectivity index (χ1) is 9.46. The largest absolute Gasteiger partial charge is 0.434 e. The number of aromatic nitrogens is 1. The molecule has 10 heteroatoms. The van der Waals surface area contributed by atoms with Crippen LogP contribution in [-0.4, -0.2) is 30.8 Å². The summed E-state index contributed by atoms with van der Waals surface area (Å²) in [6, 6.07) is -0.747. The average molecular weight is 344 g/mol. The van der Waals surface area contributed by atoms with Gasteiger partial charge in [-0.1, -0.05) is 6.92 Å². The Balaban J connectivity index is 2.90. The van der Waals surface area contributed by atoms with Crippen molar-refractivity contribution in [1.82, 2.24) is 10.3 Å². The average Bonchev–Trinajstić information content (AvgIpc) is 2.82. The van der Waals surface area contributed by atoms with E-state index in [2.05, 4.69) is 10.3 Å². The Labute approximate surface area is 124 Å². The minimum absolute atomic E-state index is 0.0962. The lowest BCUT2D eigenvalue weighted by atomic mass is 10.2. The van der Waals surface area contributed by atoms with E-state index in [4.69, 9.17) is 0 Å². The van der Waals surface area contributed by atoms with Gasteiger partial charge in [-0.3, -0.25) is 4.79 Å². The number of amides is 1. The fourth-order valence-electron chi connectivity index (χ4n) is 1.40. The van der Waals surface area contributed by atoms with Gasteiger partial charge in [0.2, 0.25) is 5.91 Å². The van der Waals surface area contributed by atoms with Crippen LogP contribution in [0.2, 0.25) is 0 Å². The van der Waals surface area contributed by atoms with Gasteiger partial charge in [0, 0.05) is 11.6 Å². The summed E-state index contributed by atoms with van der Waals surface area (Å²) in [5, 5.41) is 2.11. The Kier molecular flexibility index (Phi) is 5.37. The van der Waals surface area contributed by atoms with E-state index in [1.54, 1.807) is 6.92 Å². The molecule has 0 aliphatic carbocycles. The molecule has 0 aliphatic heterocycles. The number of carbonyl (C=O) groups excluding carboxylic acids is 1. The summed E-state index contributed by atoms with van der Waals surface area (Å²) < 4.78 is 60.1. The van der Waals surface area contributed by atoms with Gasteiger partial charge in [0.15, 0.2) is 15.5 Å². The van der Waals surface area contributed by atoms with Crippen molar-refractivity contribution in [1.29, 1.82) is 0 Å². The van der Waals surface area contributed by atoms with Crippen molar-refractivity contribution in [3.63, 3.8) is 0 Å². The SMILES string of the molecule is CC[C@H](NC(=O)[C@H](C)S(C)(=O)=O)c1nc(C(F)(F)F)cs1. The summed E-state index contributed by atoms with van der Waals surface area (Å²) in [6.07, 6.45) is -3.33. The molecule has 1 heterocycles. The lowest BCUT2D eigenvalue weighted by Crippen LogP contribution is -2.39. The summed E-state index contributed by atoms with van der Waals surface area (Å²) in [5.74, 6) is -0.756. The fraction of sp³-hybridized carbons (Fsp3) is 0.636. The smallest absolute Gasteiger partial charge is 0.346 e. The molecule has 0 bridgehead atoms. The maximum atomic E-state index is 12.5. The van der Waals surface area contributed by atoms with E-state index in [1.165, 1.54) is 6.92 Å². The van der Waals surface area contributed by atoms with Gasteiger partial charge in [-0.2, -0.15) is 13.2 Å². The van der Waals surface area contributed by atoms with Crippen LogP contribution in [0.25, 0.3) is 0 Å². The molecular weight excluding hydrogens is 329 g/mol. The van der Waals surface area contributed by atoms with E-state index in [0.717, 1.165) is 23.0 Å². The molecule has 1 amide bonds. The van der Waals surface area contributed by atoms with Gasteiger partial charge >= 0.3 is 6.18 Å². The van der Waals surface area contributed by atoms with Crippen molar-refractivity contribution >= 4 is 27.1 Å². The summed E-state index contributed by atoms with van der Waals surface area (Å²) in [6.45, 7) is 2.88. The first-order valence-corrected chi connectivity index (χ1v) is 8.82. The Morgan fingerprint density at radius 2 is 2.05 bits per heavy atom. The predicted octanol–water partition coefficient (Wildman–Crippen LogP) is 2.16. The minimum Gasteiger partial charge on any atom is -0.346 e. The molecule has 0 fully saturated rings. The first-order valence-electron chi connectivity index (χ1n) is 5.98. The molecule has 1 N–H and O–H groups in total. The number of sulfone groups is 1. The summed E-state index contributed by atoms with van der Waals surface area (Å²) >= 11 is 0.775. The van der Waals surface area contributed by atoms with E-state index >= 15 is 0 Å². The van der Waals surface area contributed by atoms with Crippen molar-refractivity contribution in [3.05, 3.63) is 16.1 Å². The van der Waals surface area contributed by atoms with Gasteiger partial charge in [-0.05, 0) is 13.3 Å². The second-order valence-electron chi connectivity index (χ2n) is 4.51. The number of halogens is 3. The zero-order valence-electron chi connectivity index (χ0n) is 11.6. The van der Waals surface area contributed by atoms with Gasteiger partial charge in [-0.15, -0.1) is 11.3 Å². The highest BCUT2D eigenvalue weighted by molar-refractivity contribution is 7.92. The highest BCUT2D eigenvalue weighted by Gasteiger charge is 2.35. The standard InChI is InChI=1S/C11H15F3N2O3S2/c1-4-7(15-9(17)6(2)21(3,18)19)10-16-8(5-20-10)11(12,13)14/h5-7H,4H2,1-3H3,(H,15,17)/t6-,7-/m0/s1. The van der Waals surface area contributed by atoms with E-state index < -0.39 is 38.9 Å². The normalized spacial score (nSPS) is 15.5. The van der Waals surface area contributed by atoms with Crippen LogP contribution in [0.1, 0.15) is 37.0 Å². The van der Waals surface area contributed by atoms with Crippen LogP contribution in [0.3, 0.4) is 0 Å². The third-order valence-electron chi connectivity index (χ3n) is 2.85. The van der Waals surface area contributed by atoms with Crippen LogP contribution in [0.15, 0.2) is 5.38 Å². The van der Waals surface area contributed by atoms with Gasteiger partial charge in [0.25, 0.3) is 0 Å². The first kappa shape index (κ1) is 17.9. The Morgan fingerprint density at radius 1 is 1.48 bits per heavy atom. The molecule has 0 saturated carbocycles. The van der Waals surface area contributed by atoms with Crippen LogP contribution in [0.5, 0.6) is 0 Å². The number of nitrogens with one attached hydrogen (secondary N) is 1. The van der Waals surface area contributed by atoms with E-state index in [0.29, 0.717) is 6.42 Å². The van der Waals surface area contributed by atoms with Crippen molar-refractivity contribution in [2.75, 3.05) is 6.26 Å². The number of hydrogen-bond acceptors (Lipinski definition) is 5. The summed E-state index contributed by atoms with van der Waals surface area (Å²) in [4.78, 5) is 15.3. The molecular formula is C11H15F3N2O3S2. The summed E-state index contributed by atoms with van der Waals surface area (Å²) in [5.41, 5.74) is -1.02. The molecule has 1 aromatic heterocycles. The third kappa shape index (κ3) is 4.67. The number of hydrogen-bond donors (Lipinski definition) is 1. The van der Waals surface area contributed by atoms with Gasteiger partial charge in [-0.25, -0.2) is 13.4 Å². The molecule has 0 aliphatic rings. The van der Waals surface area contributed by atoms with Crippen molar-refractivity contribution < 1.29 is 26.4 Å². The van der Waals surface area contributed by atoms with Crippen LogP contribution < -0.4 is 5.32 Å². The molecule has 0 radical (unpaired) electrons. The van der Waals surface area contributed by atoms with Crippen molar-refractivity contribution in [3.8, 4) is 0 Å².